The van der Waals surface area contributed by atoms with E-state index in [0.29, 0.717) is 22.7 Å². The second-order valence-corrected chi connectivity index (χ2v) is 42.9. The van der Waals surface area contributed by atoms with E-state index in [-0.39, 0.29) is 70.7 Å². The van der Waals surface area contributed by atoms with Gasteiger partial charge in [-0.1, -0.05) is 357 Å². The van der Waals surface area contributed by atoms with Crippen LogP contribution in [0.15, 0.2) is 254 Å². The van der Waals surface area contributed by atoms with Gasteiger partial charge in [0.25, 0.3) is 6.71 Å². The predicted octanol–water partition coefficient (Wildman–Crippen LogP) is 30.3. The van der Waals surface area contributed by atoms with Crippen molar-refractivity contribution in [3.05, 3.63) is 304 Å². The number of aromatic nitrogens is 2. The topological polar surface area (TPSA) is 16.3 Å². The van der Waals surface area contributed by atoms with Crippen molar-refractivity contribution >= 4 is 101 Å². The Kier molecular flexibility index (Phi) is 14.8. The van der Waals surface area contributed by atoms with E-state index in [1.165, 1.54) is 0 Å². The van der Waals surface area contributed by atoms with Crippen LogP contribution in [0.25, 0.3) is 99.5 Å². The third kappa shape index (κ3) is 14.1. The average Bonchev–Trinajstić information content (AvgIpc) is 0.806. The summed E-state index contributed by atoms with van der Waals surface area (Å²) in [5.41, 5.74) is 20.7. The van der Waals surface area contributed by atoms with E-state index in [9.17, 15) is 21.9 Å². The lowest BCUT2D eigenvalue weighted by molar-refractivity contribution is 0.568. The lowest BCUT2D eigenvalue weighted by atomic mass is 9.33. The molecule has 602 valence electrons. The summed E-state index contributed by atoms with van der Waals surface area (Å²) in [6.45, 7) is 59.8. The maximum atomic E-state index is 10.1. The Morgan fingerprint density at radius 2 is 0.538 bits per heavy atom. The van der Waals surface area contributed by atoms with Crippen LogP contribution < -0.4 is 26.2 Å². The van der Waals surface area contributed by atoms with Crippen LogP contribution in [0.5, 0.6) is 0 Å². The summed E-state index contributed by atoms with van der Waals surface area (Å²) < 4.78 is 158. The fourth-order valence-electron chi connectivity index (χ4n) is 17.8. The summed E-state index contributed by atoms with van der Waals surface area (Å²) in [7, 11) is 0. The molecule has 0 unspecified atom stereocenters. The van der Waals surface area contributed by atoms with Crippen molar-refractivity contribution in [1.29, 1.82) is 0 Å². The summed E-state index contributed by atoms with van der Waals surface area (Å²) in [4.78, 5) is 4.88. The van der Waals surface area contributed by atoms with Crippen LogP contribution in [0.1, 0.15) is 259 Å². The van der Waals surface area contributed by atoms with Gasteiger partial charge in [0.2, 0.25) is 0 Å². The van der Waals surface area contributed by atoms with E-state index in [2.05, 4.69) is 330 Å². The molecule has 0 spiro atoms. The maximum absolute atomic E-state index is 10.1. The molecule has 15 aromatic rings. The van der Waals surface area contributed by atoms with E-state index >= 15 is 0 Å². The van der Waals surface area contributed by atoms with Gasteiger partial charge in [-0.15, -0.1) is 0 Å². The molecule has 13 aromatic carbocycles. The third-order valence-corrected chi connectivity index (χ3v) is 25.0. The number of hydrogen-bond donors (Lipinski definition) is 0. The number of rotatable bonds is 8. The molecule has 17 rings (SSSR count). The molecule has 0 aliphatic carbocycles. The first-order chi connectivity index (χ1) is 62.3. The molecule has 2 aromatic heterocycles. The highest BCUT2D eigenvalue weighted by atomic mass is 15.2. The fraction of sp³-hybridized carbons (Fsp3) is 0.316. The minimum absolute atomic E-state index is 0.0441. The summed E-state index contributed by atoms with van der Waals surface area (Å²) in [6, 6.07) is 50.1. The molecule has 0 saturated heterocycles. The Morgan fingerprint density at radius 3 is 0.882 bits per heavy atom. The van der Waals surface area contributed by atoms with Crippen LogP contribution in [0.4, 0.5) is 34.1 Å². The largest absolute Gasteiger partial charge is 0.310 e. The number of hydrogen-bond acceptors (Lipinski definition) is 2. The maximum Gasteiger partial charge on any atom is 0.252 e. The Morgan fingerprint density at radius 1 is 0.235 bits per heavy atom. The van der Waals surface area contributed by atoms with Crippen molar-refractivity contribution in [2.45, 2.75) is 236 Å². The van der Waals surface area contributed by atoms with E-state index in [4.69, 9.17) is 0 Å². The molecule has 0 bridgehead atoms. The van der Waals surface area contributed by atoms with Crippen LogP contribution in [-0.2, 0) is 48.7 Å². The van der Waals surface area contributed by atoms with Gasteiger partial charge in [0.05, 0.1) is 55.4 Å². The molecule has 0 atom stereocenters. The zero-order valence-corrected chi connectivity index (χ0v) is 74.9. The highest BCUT2D eigenvalue weighted by molar-refractivity contribution is 7.00. The number of benzene rings is 13. The highest BCUT2D eigenvalue weighted by Crippen LogP contribution is 2.58. The molecule has 0 radical (unpaired) electrons. The smallest absolute Gasteiger partial charge is 0.252 e. The first-order valence-electron chi connectivity index (χ1n) is 50.4. The molecule has 119 heavy (non-hydrogen) atoms. The number of anilines is 6. The van der Waals surface area contributed by atoms with Crippen LogP contribution >= 0.6 is 0 Å². The molecule has 2 aliphatic rings. The first kappa shape index (κ1) is 63.2. The first-order valence-corrected chi connectivity index (χ1v) is 42.4. The highest BCUT2D eigenvalue weighted by Gasteiger charge is 2.47. The zero-order chi connectivity index (χ0) is 98.8. The predicted molar refractivity (Wildman–Crippen MR) is 519 cm³/mol. The molecule has 5 heteroatoms. The van der Waals surface area contributed by atoms with Gasteiger partial charge < -0.3 is 18.9 Å². The van der Waals surface area contributed by atoms with Crippen molar-refractivity contribution in [2.75, 3.05) is 9.80 Å². The van der Waals surface area contributed by atoms with Gasteiger partial charge in [0, 0.05) is 77.9 Å². The van der Waals surface area contributed by atoms with Gasteiger partial charge in [0.1, 0.15) is 0 Å². The van der Waals surface area contributed by atoms with Gasteiger partial charge in [-0.05, 0) is 222 Å². The monoisotopic (exact) mass is 1580 g/mol. The standard InChI is InChI=1S/C114H123BN4/c1-106(2,3)73-48-44-70(45-49-73)88-61-78(111(16,17)18)63-90(72-58-76(109(10,11)12)60-77(59-72)110(13,14)15)104(88)118-99-68-81(116-95-40-32-28-36-84(95)85-37-29-33-41-96(85)116)53-56-93(99)115-94-57-54-82(117-97-42-34-30-38-86(97)87-39-31-35-43-98(87)117)69-100(94)119(102-67-80(113(22,23)24)66-101(118)103(102)115)105-89(71-46-50-74(51-47-71)107(4,5)6)62-79(112(19,20)21)64-91(105)83-55-52-75(108(7,8)9)65-92(83)114(25,26)27/h28-69H,1-27H3/i28D,29D,30D,31D,32D,33D,34D,35D,36D,37D,38D,39D,40D,41D,42D,43D. The fourth-order valence-corrected chi connectivity index (χ4v) is 17.8. The molecule has 0 fully saturated rings. The number of para-hydroxylation sites is 4. The van der Waals surface area contributed by atoms with Crippen molar-refractivity contribution in [2.24, 2.45) is 0 Å². The minimum atomic E-state index is -0.809. The Hall–Kier alpha value is -10.9. The number of nitrogens with zero attached hydrogens (tertiary/aromatic N) is 4. The van der Waals surface area contributed by atoms with E-state index in [1.807, 2.05) is 24.3 Å². The van der Waals surface area contributed by atoms with Gasteiger partial charge in [0.15, 0.2) is 0 Å². The summed E-state index contributed by atoms with van der Waals surface area (Å²) in [5.74, 6) is 0. The molecular formula is C114H123BN4. The van der Waals surface area contributed by atoms with E-state index in [1.54, 1.807) is 9.13 Å². The lowest BCUT2D eigenvalue weighted by Gasteiger charge is -2.47. The summed E-state index contributed by atoms with van der Waals surface area (Å²) in [5, 5.41) is -0.269. The third-order valence-electron chi connectivity index (χ3n) is 25.0. The van der Waals surface area contributed by atoms with E-state index in [0.717, 1.165) is 134 Å². The summed E-state index contributed by atoms with van der Waals surface area (Å²) in [6.07, 6.45) is 0. The van der Waals surface area contributed by atoms with Crippen molar-refractivity contribution in [3.8, 4) is 55.9 Å². The van der Waals surface area contributed by atoms with Crippen LogP contribution in [-0.4, -0.2) is 15.8 Å². The lowest BCUT2D eigenvalue weighted by Crippen LogP contribution is -2.61. The van der Waals surface area contributed by atoms with Crippen LogP contribution in [0, 0.1) is 0 Å². The average molecular weight is 1580 g/mol. The van der Waals surface area contributed by atoms with Crippen LogP contribution in [0.3, 0.4) is 0 Å². The Labute approximate surface area is 734 Å². The minimum Gasteiger partial charge on any atom is -0.310 e. The van der Waals surface area contributed by atoms with Gasteiger partial charge in [-0.3, -0.25) is 0 Å². The van der Waals surface area contributed by atoms with Gasteiger partial charge >= 0.3 is 0 Å². The molecule has 4 heterocycles. The quantitative estimate of drug-likeness (QED) is 0.141. The molecular weight excluding hydrogens is 1440 g/mol. The molecule has 0 saturated carbocycles. The second kappa shape index (κ2) is 27.9. The van der Waals surface area contributed by atoms with Crippen LogP contribution in [0.2, 0.25) is 0 Å². The molecule has 0 N–H and O–H groups in total. The normalized spacial score (nSPS) is 15.7. The van der Waals surface area contributed by atoms with Gasteiger partial charge in [-0.2, -0.15) is 0 Å². The van der Waals surface area contributed by atoms with Crippen molar-refractivity contribution < 1.29 is 21.9 Å². The SMILES string of the molecule is [2H]c1c([2H])c([2H])c2c(c1[2H])c1c([2H])c([2H])c([2H])c([2H])c1n2-c1ccc2c(c1)N(c1c(-c3ccc(C(C)(C)C)cc3)cc(C(C)(C)C)cc1-c1cc(C(C)(C)C)cc(C(C)(C)C)c1)c1cc(C(C)(C)C)cc3c1B2c1ccc(-n2c4c([2H])c([2H])c([2H])c([2H])c4c4c([2H])c([2H])c([2H])c([2H])c42)cc1N3c1c(-c2ccc(C(C)(C)C)cc2)cc(C(C)(C)C)cc1-c1ccc(C(C)(C)C)cc1C(C)(C)C. The van der Waals surface area contributed by atoms with Crippen molar-refractivity contribution in [3.63, 3.8) is 0 Å². The Balaban J connectivity index is 1.16. The molecule has 4 nitrogen and oxygen atoms in total. The van der Waals surface area contributed by atoms with Crippen molar-refractivity contribution in [1.82, 2.24) is 9.13 Å². The zero-order valence-electron chi connectivity index (χ0n) is 90.9. The van der Waals surface area contributed by atoms with Gasteiger partial charge in [-0.25, -0.2) is 0 Å². The molecule has 2 aliphatic heterocycles. The van der Waals surface area contributed by atoms with E-state index < -0.39 is 125 Å². The second-order valence-electron chi connectivity index (χ2n) is 42.9. The summed E-state index contributed by atoms with van der Waals surface area (Å²) >= 11 is 0. The molecule has 0 amide bonds. The number of fused-ring (bicyclic) bond motifs is 10. The Bertz CT molecular complexity index is 7410.